The molecule has 0 amide bonds. The summed E-state index contributed by atoms with van der Waals surface area (Å²) in [5, 5.41) is 16.7. The highest BCUT2D eigenvalue weighted by molar-refractivity contribution is 5.86. The molecule has 0 aromatic carbocycles. The number of nitrogens with zero attached hydrogens (tertiary/aromatic N) is 3. The van der Waals surface area contributed by atoms with E-state index in [1.54, 1.807) is 18.9 Å². The zero-order valence-electron chi connectivity index (χ0n) is 10.9. The van der Waals surface area contributed by atoms with Gasteiger partial charge in [0.05, 0.1) is 24.9 Å². The van der Waals surface area contributed by atoms with Crippen LogP contribution < -0.4 is 0 Å². The van der Waals surface area contributed by atoms with Gasteiger partial charge in [0.1, 0.15) is 0 Å². The third kappa shape index (κ3) is 3.27. The Morgan fingerprint density at radius 1 is 1.44 bits per heavy atom. The van der Waals surface area contributed by atoms with Crippen LogP contribution >= 0.6 is 0 Å². The molecule has 1 aromatic rings. The molecule has 7 nitrogen and oxygen atoms in total. The van der Waals surface area contributed by atoms with E-state index in [0.29, 0.717) is 25.3 Å². The SMILES string of the molecule is CCC(COC)n1nnc(C(=O)O)c1CCOC. The van der Waals surface area contributed by atoms with Crippen molar-refractivity contribution in [3.05, 3.63) is 11.4 Å². The fourth-order valence-corrected chi connectivity index (χ4v) is 1.76. The number of carboxylic acids is 1. The first kappa shape index (κ1) is 14.6. The first-order valence-corrected chi connectivity index (χ1v) is 5.80. The summed E-state index contributed by atoms with van der Waals surface area (Å²) in [4.78, 5) is 11.1. The number of carboxylic acid groups (broad SMARTS) is 1. The Bertz CT molecular complexity index is 392. The molecule has 0 saturated carbocycles. The summed E-state index contributed by atoms with van der Waals surface area (Å²) in [6.07, 6.45) is 1.25. The van der Waals surface area contributed by atoms with Crippen molar-refractivity contribution in [3.63, 3.8) is 0 Å². The fourth-order valence-electron chi connectivity index (χ4n) is 1.76. The van der Waals surface area contributed by atoms with Gasteiger partial charge in [-0.3, -0.25) is 0 Å². The van der Waals surface area contributed by atoms with Crippen LogP contribution in [0, 0.1) is 0 Å². The van der Waals surface area contributed by atoms with Crippen LogP contribution in [0.15, 0.2) is 0 Å². The van der Waals surface area contributed by atoms with Crippen molar-refractivity contribution >= 4 is 5.97 Å². The maximum absolute atomic E-state index is 11.1. The molecule has 0 radical (unpaired) electrons. The van der Waals surface area contributed by atoms with Gasteiger partial charge in [-0.15, -0.1) is 5.10 Å². The van der Waals surface area contributed by atoms with Crippen LogP contribution in [-0.4, -0.2) is 53.5 Å². The topological polar surface area (TPSA) is 86.5 Å². The summed E-state index contributed by atoms with van der Waals surface area (Å²) in [7, 11) is 3.17. The van der Waals surface area contributed by atoms with Gasteiger partial charge in [-0.2, -0.15) is 0 Å². The molecule has 0 bridgehead atoms. The van der Waals surface area contributed by atoms with E-state index in [1.165, 1.54) is 0 Å². The van der Waals surface area contributed by atoms with Crippen LogP contribution in [0.3, 0.4) is 0 Å². The monoisotopic (exact) mass is 257 g/mol. The number of methoxy groups -OCH3 is 2. The van der Waals surface area contributed by atoms with Crippen molar-refractivity contribution in [1.29, 1.82) is 0 Å². The predicted octanol–water partition coefficient (Wildman–Crippen LogP) is 0.763. The summed E-state index contributed by atoms with van der Waals surface area (Å²) >= 11 is 0. The molecule has 0 aliphatic carbocycles. The average molecular weight is 257 g/mol. The van der Waals surface area contributed by atoms with E-state index in [4.69, 9.17) is 14.6 Å². The van der Waals surface area contributed by atoms with Gasteiger partial charge in [0.25, 0.3) is 0 Å². The molecule has 102 valence electrons. The lowest BCUT2D eigenvalue weighted by Crippen LogP contribution is -2.19. The van der Waals surface area contributed by atoms with Gasteiger partial charge in [0.15, 0.2) is 5.69 Å². The third-order valence-corrected chi connectivity index (χ3v) is 2.71. The first-order valence-electron chi connectivity index (χ1n) is 5.80. The Kier molecular flexibility index (Phi) is 5.73. The quantitative estimate of drug-likeness (QED) is 0.740. The van der Waals surface area contributed by atoms with Gasteiger partial charge in [-0.1, -0.05) is 12.1 Å². The Hall–Kier alpha value is -1.47. The number of rotatable bonds is 8. The summed E-state index contributed by atoms with van der Waals surface area (Å²) < 4.78 is 11.7. The third-order valence-electron chi connectivity index (χ3n) is 2.71. The molecule has 1 N–H and O–H groups in total. The first-order chi connectivity index (χ1) is 8.65. The molecule has 0 fully saturated rings. The Balaban J connectivity index is 3.05. The zero-order chi connectivity index (χ0) is 13.5. The van der Waals surface area contributed by atoms with E-state index in [9.17, 15) is 4.79 Å². The molecule has 7 heteroatoms. The molecule has 0 aliphatic rings. The molecule has 1 rings (SSSR count). The number of aromatic nitrogens is 3. The molecule has 18 heavy (non-hydrogen) atoms. The second-order valence-corrected chi connectivity index (χ2v) is 3.89. The summed E-state index contributed by atoms with van der Waals surface area (Å²) in [6, 6.07) is -0.0116. The van der Waals surface area contributed by atoms with Crippen molar-refractivity contribution in [2.75, 3.05) is 27.4 Å². The summed E-state index contributed by atoms with van der Waals surface area (Å²) in [5.74, 6) is -1.07. The van der Waals surface area contributed by atoms with Crippen LogP contribution in [0.25, 0.3) is 0 Å². The lowest BCUT2D eigenvalue weighted by atomic mass is 10.2. The highest BCUT2D eigenvalue weighted by Gasteiger charge is 2.22. The second-order valence-electron chi connectivity index (χ2n) is 3.89. The van der Waals surface area contributed by atoms with E-state index in [-0.39, 0.29) is 11.7 Å². The minimum absolute atomic E-state index is 0.0116. The van der Waals surface area contributed by atoms with Gasteiger partial charge >= 0.3 is 5.97 Å². The highest BCUT2D eigenvalue weighted by Crippen LogP contribution is 2.16. The Morgan fingerprint density at radius 3 is 2.67 bits per heavy atom. The van der Waals surface area contributed by atoms with Gasteiger partial charge in [0, 0.05) is 20.6 Å². The van der Waals surface area contributed by atoms with Crippen molar-refractivity contribution < 1.29 is 19.4 Å². The predicted molar refractivity (Wildman–Crippen MR) is 63.8 cm³/mol. The maximum Gasteiger partial charge on any atom is 0.358 e. The minimum Gasteiger partial charge on any atom is -0.476 e. The van der Waals surface area contributed by atoms with Gasteiger partial charge in [0.2, 0.25) is 0 Å². The van der Waals surface area contributed by atoms with E-state index >= 15 is 0 Å². The molecule has 1 unspecified atom stereocenters. The van der Waals surface area contributed by atoms with Crippen LogP contribution in [0.2, 0.25) is 0 Å². The van der Waals surface area contributed by atoms with E-state index in [2.05, 4.69) is 10.3 Å². The van der Waals surface area contributed by atoms with Gasteiger partial charge < -0.3 is 14.6 Å². The van der Waals surface area contributed by atoms with Crippen LogP contribution in [0.1, 0.15) is 35.6 Å². The number of hydrogen-bond donors (Lipinski definition) is 1. The molecular formula is C11H19N3O4. The fraction of sp³-hybridized carbons (Fsp3) is 0.727. The zero-order valence-corrected chi connectivity index (χ0v) is 10.9. The lowest BCUT2D eigenvalue weighted by molar-refractivity contribution is 0.0688. The van der Waals surface area contributed by atoms with Gasteiger partial charge in [-0.25, -0.2) is 9.48 Å². The maximum atomic E-state index is 11.1. The van der Waals surface area contributed by atoms with E-state index in [0.717, 1.165) is 6.42 Å². The van der Waals surface area contributed by atoms with E-state index in [1.807, 2.05) is 6.92 Å². The van der Waals surface area contributed by atoms with E-state index < -0.39 is 5.97 Å². The Labute approximate surface area is 106 Å². The van der Waals surface area contributed by atoms with Crippen molar-refractivity contribution in [1.82, 2.24) is 15.0 Å². The molecule has 0 spiro atoms. The Morgan fingerprint density at radius 2 is 2.17 bits per heavy atom. The smallest absolute Gasteiger partial charge is 0.358 e. The summed E-state index contributed by atoms with van der Waals surface area (Å²) in [5.41, 5.74) is 0.565. The number of hydrogen-bond acceptors (Lipinski definition) is 5. The van der Waals surface area contributed by atoms with Gasteiger partial charge in [-0.05, 0) is 6.42 Å². The van der Waals surface area contributed by atoms with Crippen molar-refractivity contribution in [2.45, 2.75) is 25.8 Å². The molecule has 0 aliphatic heterocycles. The highest BCUT2D eigenvalue weighted by atomic mass is 16.5. The van der Waals surface area contributed by atoms with Crippen molar-refractivity contribution in [3.8, 4) is 0 Å². The molecule has 1 aromatic heterocycles. The number of aromatic carboxylic acids is 1. The molecular weight excluding hydrogens is 238 g/mol. The van der Waals surface area contributed by atoms with Crippen LogP contribution in [0.4, 0.5) is 0 Å². The minimum atomic E-state index is -1.07. The van der Waals surface area contributed by atoms with Crippen LogP contribution in [-0.2, 0) is 15.9 Å². The number of ether oxygens (including phenoxy) is 2. The summed E-state index contributed by atoms with van der Waals surface area (Å²) in [6.45, 7) is 2.89. The second kappa shape index (κ2) is 7.07. The van der Waals surface area contributed by atoms with Crippen molar-refractivity contribution in [2.24, 2.45) is 0 Å². The largest absolute Gasteiger partial charge is 0.476 e. The molecule has 1 heterocycles. The molecule has 0 saturated heterocycles. The molecule has 1 atom stereocenters. The average Bonchev–Trinajstić information content (AvgIpc) is 2.77. The normalized spacial score (nSPS) is 12.6. The number of carbonyl (C=O) groups is 1. The standard InChI is InChI=1S/C11H19N3O4/c1-4-8(7-18-3)14-9(5-6-17-2)10(11(15)16)12-13-14/h8H,4-7H2,1-3H3,(H,15,16). The lowest BCUT2D eigenvalue weighted by Gasteiger charge is -2.16. The van der Waals surface area contributed by atoms with Crippen LogP contribution in [0.5, 0.6) is 0 Å².